The molecule has 1 aliphatic carbocycles. The molecule has 0 saturated heterocycles. The number of hydrogen-bond acceptors (Lipinski definition) is 2. The first kappa shape index (κ1) is 11.9. The molecule has 2 rings (SSSR count). The van der Waals surface area contributed by atoms with Gasteiger partial charge in [-0.15, -0.1) is 0 Å². The Morgan fingerprint density at radius 3 is 2.76 bits per heavy atom. The van der Waals surface area contributed by atoms with Crippen LogP contribution in [0.25, 0.3) is 0 Å². The van der Waals surface area contributed by atoms with Crippen LogP contribution in [-0.2, 0) is 0 Å². The molecular weight excluding hydrogens is 215 g/mol. The van der Waals surface area contributed by atoms with Gasteiger partial charge in [0.05, 0.1) is 17.3 Å². The van der Waals surface area contributed by atoms with Crippen molar-refractivity contribution >= 4 is 5.69 Å². The van der Waals surface area contributed by atoms with Crippen LogP contribution in [0.1, 0.15) is 38.2 Å². The highest BCUT2D eigenvalue weighted by Gasteiger charge is 2.21. The van der Waals surface area contributed by atoms with E-state index in [1.165, 1.54) is 25.3 Å². The average Bonchev–Trinajstić information content (AvgIpc) is 2.34. The molecular formula is C14H17FN2. The fourth-order valence-corrected chi connectivity index (χ4v) is 2.43. The predicted octanol–water partition coefficient (Wildman–Crippen LogP) is 3.69. The normalized spacial score (nSPS) is 24.1. The molecule has 0 amide bonds. The smallest absolute Gasteiger partial charge is 0.147 e. The summed E-state index contributed by atoms with van der Waals surface area (Å²) in [5.74, 6) is 0.251. The standard InChI is InChI=1S/C14H17FN2/c1-10-4-2-3-5-13(10)17-14-7-6-11(9-16)8-12(14)15/h6-8,10,13,17H,2-5H2,1H3. The van der Waals surface area contributed by atoms with Gasteiger partial charge in [-0.25, -0.2) is 4.39 Å². The van der Waals surface area contributed by atoms with E-state index in [4.69, 9.17) is 5.26 Å². The summed E-state index contributed by atoms with van der Waals surface area (Å²) in [4.78, 5) is 0. The van der Waals surface area contributed by atoms with Crippen molar-refractivity contribution in [1.82, 2.24) is 0 Å². The Morgan fingerprint density at radius 1 is 1.35 bits per heavy atom. The first-order chi connectivity index (χ1) is 8.20. The van der Waals surface area contributed by atoms with E-state index in [1.807, 2.05) is 6.07 Å². The fourth-order valence-electron chi connectivity index (χ4n) is 2.43. The van der Waals surface area contributed by atoms with E-state index in [2.05, 4.69) is 12.2 Å². The number of anilines is 1. The Morgan fingerprint density at radius 2 is 2.12 bits per heavy atom. The number of nitriles is 1. The van der Waals surface area contributed by atoms with Gasteiger partial charge in [0.25, 0.3) is 0 Å². The second kappa shape index (κ2) is 5.18. The number of nitrogens with one attached hydrogen (secondary N) is 1. The van der Waals surface area contributed by atoms with Gasteiger partial charge in [0.2, 0.25) is 0 Å². The third kappa shape index (κ3) is 2.76. The van der Waals surface area contributed by atoms with Crippen LogP contribution in [-0.4, -0.2) is 6.04 Å². The highest BCUT2D eigenvalue weighted by atomic mass is 19.1. The maximum atomic E-state index is 13.7. The summed E-state index contributed by atoms with van der Waals surface area (Å²) < 4.78 is 13.7. The van der Waals surface area contributed by atoms with E-state index >= 15 is 0 Å². The molecule has 1 saturated carbocycles. The zero-order chi connectivity index (χ0) is 12.3. The molecule has 1 aromatic carbocycles. The van der Waals surface area contributed by atoms with Crippen LogP contribution >= 0.6 is 0 Å². The minimum Gasteiger partial charge on any atom is -0.380 e. The van der Waals surface area contributed by atoms with E-state index in [9.17, 15) is 4.39 Å². The molecule has 1 fully saturated rings. The van der Waals surface area contributed by atoms with E-state index < -0.39 is 0 Å². The molecule has 0 bridgehead atoms. The maximum Gasteiger partial charge on any atom is 0.147 e. The highest BCUT2D eigenvalue weighted by molar-refractivity contribution is 5.49. The number of nitrogens with zero attached hydrogens (tertiary/aromatic N) is 1. The van der Waals surface area contributed by atoms with Crippen molar-refractivity contribution < 1.29 is 4.39 Å². The van der Waals surface area contributed by atoms with Crippen molar-refractivity contribution in [2.45, 2.75) is 38.6 Å². The summed E-state index contributed by atoms with van der Waals surface area (Å²) in [5.41, 5.74) is 0.882. The molecule has 2 atom stereocenters. The van der Waals surface area contributed by atoms with Crippen LogP contribution in [0, 0.1) is 23.1 Å². The van der Waals surface area contributed by atoms with Gasteiger partial charge in [-0.3, -0.25) is 0 Å². The van der Waals surface area contributed by atoms with Crippen LogP contribution in [0.4, 0.5) is 10.1 Å². The van der Waals surface area contributed by atoms with Gasteiger partial charge in [-0.05, 0) is 37.0 Å². The second-order valence-electron chi connectivity index (χ2n) is 4.82. The Balaban J connectivity index is 2.10. The van der Waals surface area contributed by atoms with E-state index in [1.54, 1.807) is 12.1 Å². The Kier molecular flexibility index (Phi) is 3.63. The van der Waals surface area contributed by atoms with E-state index in [0.29, 0.717) is 23.2 Å². The monoisotopic (exact) mass is 232 g/mol. The van der Waals surface area contributed by atoms with Gasteiger partial charge < -0.3 is 5.32 Å². The van der Waals surface area contributed by atoms with Crippen LogP contribution in [0.15, 0.2) is 18.2 Å². The SMILES string of the molecule is CC1CCCCC1Nc1ccc(C#N)cc1F. The zero-order valence-corrected chi connectivity index (χ0v) is 10.0. The van der Waals surface area contributed by atoms with Gasteiger partial charge in [-0.1, -0.05) is 19.8 Å². The van der Waals surface area contributed by atoms with Crippen LogP contribution in [0.3, 0.4) is 0 Å². The lowest BCUT2D eigenvalue weighted by Crippen LogP contribution is -2.30. The molecule has 0 aliphatic heterocycles. The van der Waals surface area contributed by atoms with Crippen molar-refractivity contribution in [1.29, 1.82) is 5.26 Å². The quantitative estimate of drug-likeness (QED) is 0.844. The molecule has 3 heteroatoms. The topological polar surface area (TPSA) is 35.8 Å². The number of benzene rings is 1. The van der Waals surface area contributed by atoms with Gasteiger partial charge in [0.1, 0.15) is 5.82 Å². The first-order valence-corrected chi connectivity index (χ1v) is 6.17. The van der Waals surface area contributed by atoms with Crippen molar-refractivity contribution in [3.05, 3.63) is 29.6 Å². The maximum absolute atomic E-state index is 13.7. The second-order valence-corrected chi connectivity index (χ2v) is 4.82. The first-order valence-electron chi connectivity index (χ1n) is 6.17. The summed E-state index contributed by atoms with van der Waals surface area (Å²) in [7, 11) is 0. The number of hydrogen-bond donors (Lipinski definition) is 1. The lowest BCUT2D eigenvalue weighted by molar-refractivity contribution is 0.348. The van der Waals surface area contributed by atoms with Crippen LogP contribution in [0.5, 0.6) is 0 Å². The minimum atomic E-state index is -0.332. The molecule has 90 valence electrons. The largest absolute Gasteiger partial charge is 0.380 e. The molecule has 0 heterocycles. The van der Waals surface area contributed by atoms with Gasteiger partial charge in [-0.2, -0.15) is 5.26 Å². The summed E-state index contributed by atoms with van der Waals surface area (Å²) in [6, 6.07) is 6.89. The van der Waals surface area contributed by atoms with Crippen molar-refractivity contribution in [2.24, 2.45) is 5.92 Å². The van der Waals surface area contributed by atoms with Crippen LogP contribution in [0.2, 0.25) is 0 Å². The Labute approximate surface area is 101 Å². The number of rotatable bonds is 2. The molecule has 1 aromatic rings. The van der Waals surface area contributed by atoms with Crippen LogP contribution < -0.4 is 5.32 Å². The van der Waals surface area contributed by atoms with Crippen molar-refractivity contribution in [3.8, 4) is 6.07 Å². The number of halogens is 1. The molecule has 0 aromatic heterocycles. The van der Waals surface area contributed by atoms with Gasteiger partial charge in [0, 0.05) is 6.04 Å². The molecule has 1 aliphatic rings. The molecule has 0 radical (unpaired) electrons. The molecule has 17 heavy (non-hydrogen) atoms. The van der Waals surface area contributed by atoms with Gasteiger partial charge in [0.15, 0.2) is 0 Å². The minimum absolute atomic E-state index is 0.332. The third-order valence-electron chi connectivity index (χ3n) is 3.55. The Hall–Kier alpha value is -1.56. The zero-order valence-electron chi connectivity index (χ0n) is 10.0. The van der Waals surface area contributed by atoms with Gasteiger partial charge >= 0.3 is 0 Å². The van der Waals surface area contributed by atoms with E-state index in [0.717, 1.165) is 6.42 Å². The van der Waals surface area contributed by atoms with E-state index in [-0.39, 0.29) is 5.82 Å². The molecule has 2 nitrogen and oxygen atoms in total. The summed E-state index contributed by atoms with van der Waals surface area (Å²) >= 11 is 0. The van der Waals surface area contributed by atoms with Crippen molar-refractivity contribution in [3.63, 3.8) is 0 Å². The molecule has 0 spiro atoms. The molecule has 1 N–H and O–H groups in total. The average molecular weight is 232 g/mol. The third-order valence-corrected chi connectivity index (χ3v) is 3.55. The van der Waals surface area contributed by atoms with Crippen molar-refractivity contribution in [2.75, 3.05) is 5.32 Å². The summed E-state index contributed by atoms with van der Waals surface area (Å²) in [6.45, 7) is 2.21. The Bertz CT molecular complexity index is 436. The lowest BCUT2D eigenvalue weighted by atomic mass is 9.86. The predicted molar refractivity (Wildman–Crippen MR) is 66.2 cm³/mol. The fraction of sp³-hybridized carbons (Fsp3) is 0.500. The highest BCUT2D eigenvalue weighted by Crippen LogP contribution is 2.27. The summed E-state index contributed by atoms with van der Waals surface area (Å²) in [5, 5.41) is 11.9. The molecule has 2 unspecified atom stereocenters. The summed E-state index contributed by atoms with van der Waals surface area (Å²) in [6.07, 6.45) is 4.78. The lowest BCUT2D eigenvalue weighted by Gasteiger charge is -2.30.